The lowest BCUT2D eigenvalue weighted by molar-refractivity contribution is -0.137. The number of aryl methyl sites for hydroxylation is 1. The predicted octanol–water partition coefficient (Wildman–Crippen LogP) is 2.68. The number of ether oxygens (including phenoxy) is 1. The van der Waals surface area contributed by atoms with E-state index in [4.69, 9.17) is 4.74 Å². The van der Waals surface area contributed by atoms with Gasteiger partial charge in [0, 0.05) is 0 Å². The number of aromatic amines is 1. The van der Waals surface area contributed by atoms with E-state index < -0.39 is 23.3 Å². The number of nitrogens with one attached hydrogen (secondary N) is 1. The summed E-state index contributed by atoms with van der Waals surface area (Å²) < 4.78 is 44.7. The van der Waals surface area contributed by atoms with Crippen molar-refractivity contribution < 1.29 is 22.7 Å². The molecule has 1 N–H and O–H groups in total. The number of aromatic nitrogens is 3. The number of rotatable bonds is 2. The van der Waals surface area contributed by atoms with Crippen molar-refractivity contribution in [3.8, 4) is 0 Å². The molecule has 0 unspecified atom stereocenters. The predicted molar refractivity (Wildman–Crippen MR) is 79.0 cm³/mol. The average molecular weight is 339 g/mol. The number of H-pyrrole nitrogens is 1. The van der Waals surface area contributed by atoms with Crippen LogP contribution in [0.3, 0.4) is 0 Å². The second kappa shape index (κ2) is 5.36. The van der Waals surface area contributed by atoms with Gasteiger partial charge in [-0.15, -0.1) is 0 Å². The number of halogens is 3. The summed E-state index contributed by atoms with van der Waals surface area (Å²) in [5.41, 5.74) is -1.08. The highest BCUT2D eigenvalue weighted by Gasteiger charge is 2.31. The molecule has 0 spiro atoms. The Hall–Kier alpha value is -2.84. The summed E-state index contributed by atoms with van der Waals surface area (Å²) >= 11 is 0. The number of hydrogen-bond donors (Lipinski definition) is 1. The highest BCUT2D eigenvalue weighted by atomic mass is 19.4. The maximum Gasteiger partial charge on any atom is 0.416 e. The highest BCUT2D eigenvalue weighted by molar-refractivity contribution is 5.91. The van der Waals surface area contributed by atoms with Gasteiger partial charge < -0.3 is 9.72 Å². The molecule has 3 rings (SSSR count). The van der Waals surface area contributed by atoms with Crippen LogP contribution >= 0.6 is 0 Å². The van der Waals surface area contributed by atoms with Crippen LogP contribution in [0.15, 0.2) is 23.0 Å². The van der Waals surface area contributed by atoms with E-state index in [1.54, 1.807) is 13.8 Å². The van der Waals surface area contributed by atoms with Crippen molar-refractivity contribution in [3.05, 3.63) is 45.5 Å². The fourth-order valence-corrected chi connectivity index (χ4v) is 2.53. The van der Waals surface area contributed by atoms with Crippen LogP contribution in [0.5, 0.6) is 0 Å². The van der Waals surface area contributed by atoms with Crippen LogP contribution in [0.1, 0.15) is 28.7 Å². The van der Waals surface area contributed by atoms with Gasteiger partial charge in [-0.2, -0.15) is 13.2 Å². The van der Waals surface area contributed by atoms with Gasteiger partial charge in [0.25, 0.3) is 5.56 Å². The van der Waals surface area contributed by atoms with E-state index >= 15 is 0 Å². The Morgan fingerprint density at radius 2 is 2.08 bits per heavy atom. The van der Waals surface area contributed by atoms with Crippen molar-refractivity contribution >= 4 is 22.6 Å². The minimum absolute atomic E-state index is 0.00164. The monoisotopic (exact) mass is 339 g/mol. The molecule has 0 saturated carbocycles. The highest BCUT2D eigenvalue weighted by Crippen LogP contribution is 2.31. The molecular weight excluding hydrogens is 327 g/mol. The van der Waals surface area contributed by atoms with Gasteiger partial charge >= 0.3 is 12.1 Å². The number of benzene rings is 1. The lowest BCUT2D eigenvalue weighted by atomic mass is 10.2. The number of fused-ring (bicyclic) bond motifs is 3. The number of carbonyl (C=O) groups is 1. The molecule has 0 saturated heterocycles. The molecule has 0 atom stereocenters. The number of alkyl halides is 3. The van der Waals surface area contributed by atoms with Crippen LogP contribution in [0.25, 0.3) is 16.7 Å². The zero-order valence-corrected chi connectivity index (χ0v) is 12.7. The molecule has 0 aliphatic carbocycles. The van der Waals surface area contributed by atoms with E-state index in [1.165, 1.54) is 10.5 Å². The van der Waals surface area contributed by atoms with Crippen molar-refractivity contribution in [2.75, 3.05) is 6.61 Å². The first-order chi connectivity index (χ1) is 11.2. The van der Waals surface area contributed by atoms with Gasteiger partial charge in [-0.3, -0.25) is 9.20 Å². The van der Waals surface area contributed by atoms with Crippen molar-refractivity contribution in [1.82, 2.24) is 14.4 Å². The van der Waals surface area contributed by atoms with Gasteiger partial charge in [0.2, 0.25) is 5.65 Å². The van der Waals surface area contributed by atoms with Crippen molar-refractivity contribution in [1.29, 1.82) is 0 Å². The quantitative estimate of drug-likeness (QED) is 0.728. The molecular formula is C15H12F3N3O3. The van der Waals surface area contributed by atoms with Gasteiger partial charge in [0.05, 0.1) is 28.9 Å². The molecule has 2 heterocycles. The minimum Gasteiger partial charge on any atom is -0.461 e. The Kier molecular flexibility index (Phi) is 3.58. The summed E-state index contributed by atoms with van der Waals surface area (Å²) in [4.78, 5) is 30.4. The third kappa shape index (κ3) is 2.41. The fraction of sp³-hybridized carbons (Fsp3) is 0.267. The Labute approximate surface area is 132 Å². The molecule has 126 valence electrons. The van der Waals surface area contributed by atoms with E-state index in [2.05, 4.69) is 9.97 Å². The van der Waals surface area contributed by atoms with Crippen molar-refractivity contribution in [2.24, 2.45) is 0 Å². The molecule has 1 aromatic carbocycles. The third-order valence-corrected chi connectivity index (χ3v) is 3.59. The molecule has 3 aromatic rings. The summed E-state index contributed by atoms with van der Waals surface area (Å²) in [5.74, 6) is -0.696. The molecule has 9 heteroatoms. The first-order valence-corrected chi connectivity index (χ1v) is 7.03. The van der Waals surface area contributed by atoms with E-state index in [0.29, 0.717) is 11.2 Å². The molecule has 24 heavy (non-hydrogen) atoms. The Balaban J connectivity index is 2.34. The van der Waals surface area contributed by atoms with Gasteiger partial charge in [0.15, 0.2) is 5.69 Å². The number of imidazole rings is 1. The minimum atomic E-state index is -4.53. The zero-order valence-electron chi connectivity index (χ0n) is 12.7. The van der Waals surface area contributed by atoms with Crippen LogP contribution in [-0.2, 0) is 10.9 Å². The van der Waals surface area contributed by atoms with E-state index in [1.807, 2.05) is 0 Å². The lowest BCUT2D eigenvalue weighted by Gasteiger charge is -2.09. The van der Waals surface area contributed by atoms with Crippen LogP contribution < -0.4 is 5.56 Å². The summed E-state index contributed by atoms with van der Waals surface area (Å²) in [5, 5.41) is 0. The number of esters is 1. The molecule has 0 fully saturated rings. The van der Waals surface area contributed by atoms with Gasteiger partial charge in [-0.25, -0.2) is 9.78 Å². The fourth-order valence-electron chi connectivity index (χ4n) is 2.53. The van der Waals surface area contributed by atoms with Gasteiger partial charge in [-0.1, -0.05) is 0 Å². The Bertz CT molecular complexity index is 1020. The van der Waals surface area contributed by atoms with Crippen LogP contribution in [0.2, 0.25) is 0 Å². The van der Waals surface area contributed by atoms with Gasteiger partial charge in [0.1, 0.15) is 0 Å². The number of hydrogen-bond acceptors (Lipinski definition) is 4. The molecule has 0 radical (unpaired) electrons. The second-order valence-electron chi connectivity index (χ2n) is 5.11. The molecule has 0 amide bonds. The maximum atomic E-state index is 12.8. The summed E-state index contributed by atoms with van der Waals surface area (Å²) in [7, 11) is 0. The summed E-state index contributed by atoms with van der Waals surface area (Å²) in [6.07, 6.45) is -4.53. The van der Waals surface area contributed by atoms with E-state index in [0.717, 1.165) is 12.1 Å². The largest absolute Gasteiger partial charge is 0.461 e. The Morgan fingerprint density at radius 3 is 2.71 bits per heavy atom. The number of carbonyl (C=O) groups excluding carboxylic acids is 1. The Morgan fingerprint density at radius 1 is 1.38 bits per heavy atom. The number of nitrogens with zero attached hydrogens (tertiary/aromatic N) is 2. The normalized spacial score (nSPS) is 12.0. The summed E-state index contributed by atoms with van der Waals surface area (Å²) in [6.45, 7) is 3.31. The molecule has 6 nitrogen and oxygen atoms in total. The van der Waals surface area contributed by atoms with Gasteiger partial charge in [-0.05, 0) is 32.0 Å². The second-order valence-corrected chi connectivity index (χ2v) is 5.11. The maximum absolute atomic E-state index is 12.8. The molecule has 0 aliphatic rings. The van der Waals surface area contributed by atoms with Crippen molar-refractivity contribution in [2.45, 2.75) is 20.0 Å². The van der Waals surface area contributed by atoms with Crippen LogP contribution in [0, 0.1) is 6.92 Å². The average Bonchev–Trinajstić information content (AvgIpc) is 2.85. The smallest absolute Gasteiger partial charge is 0.416 e. The first kappa shape index (κ1) is 16.0. The standard InChI is InChI=1S/C15H12F3N3O3/c1-3-24-14(23)11-7(2)21-10-5-4-8(15(16,17)18)6-9(10)19-13(22)12(21)20-11/h4-6H,3H2,1-2H3,(H,19,22). The van der Waals surface area contributed by atoms with Crippen LogP contribution in [-0.4, -0.2) is 26.9 Å². The molecule has 0 aliphatic heterocycles. The SMILES string of the molecule is CCOC(=O)c1nc2c(=O)[nH]c3cc(C(F)(F)F)ccc3n2c1C. The van der Waals surface area contributed by atoms with Crippen LogP contribution in [0.4, 0.5) is 13.2 Å². The van der Waals surface area contributed by atoms with E-state index in [-0.39, 0.29) is 23.5 Å². The summed E-state index contributed by atoms with van der Waals surface area (Å²) in [6, 6.07) is 2.98. The first-order valence-electron chi connectivity index (χ1n) is 7.03. The lowest BCUT2D eigenvalue weighted by Crippen LogP contribution is -2.12. The molecule has 2 aromatic heterocycles. The molecule has 0 bridgehead atoms. The zero-order chi connectivity index (χ0) is 17.6. The van der Waals surface area contributed by atoms with Crippen molar-refractivity contribution in [3.63, 3.8) is 0 Å². The third-order valence-electron chi connectivity index (χ3n) is 3.59. The van der Waals surface area contributed by atoms with E-state index in [9.17, 15) is 22.8 Å². The topological polar surface area (TPSA) is 76.5 Å².